The number of benzene rings is 1. The van der Waals surface area contributed by atoms with Crippen molar-refractivity contribution in [2.45, 2.75) is 12.8 Å². The third-order valence-electron chi connectivity index (χ3n) is 2.34. The molecule has 0 unspecified atom stereocenters. The minimum atomic E-state index is -1.01. The first-order chi connectivity index (χ1) is 9.00. The van der Waals surface area contributed by atoms with Crippen LogP contribution in [0.1, 0.15) is 12.0 Å². The van der Waals surface area contributed by atoms with Gasteiger partial charge in [0, 0.05) is 13.1 Å². The number of carboxylic acids is 1. The van der Waals surface area contributed by atoms with E-state index < -0.39 is 23.6 Å². The van der Waals surface area contributed by atoms with Gasteiger partial charge in [0.05, 0.1) is 6.42 Å². The maximum atomic E-state index is 13.2. The summed E-state index contributed by atoms with van der Waals surface area (Å²) in [5, 5.41) is 13.1. The summed E-state index contributed by atoms with van der Waals surface area (Å²) in [5.41, 5.74) is 0.172. The first-order valence-electron chi connectivity index (χ1n) is 5.67. The molecular weight excluding hydrogens is 258 g/mol. The second kappa shape index (κ2) is 7.30. The minimum absolute atomic E-state index is 0.00942. The molecule has 0 fully saturated rings. The Morgan fingerprint density at radius 1 is 1.16 bits per heavy atom. The molecule has 0 atom stereocenters. The van der Waals surface area contributed by atoms with Crippen molar-refractivity contribution in [3.63, 3.8) is 0 Å². The molecule has 5 nitrogen and oxygen atoms in total. The second-order valence-electron chi connectivity index (χ2n) is 3.79. The van der Waals surface area contributed by atoms with Gasteiger partial charge in [0.15, 0.2) is 11.6 Å². The quantitative estimate of drug-likeness (QED) is 0.730. The zero-order chi connectivity index (χ0) is 14.3. The molecule has 0 aliphatic rings. The molecule has 19 heavy (non-hydrogen) atoms. The van der Waals surface area contributed by atoms with Gasteiger partial charge >= 0.3 is 12.0 Å². The number of rotatable bonds is 6. The Morgan fingerprint density at radius 2 is 1.84 bits per heavy atom. The highest BCUT2D eigenvalue weighted by Crippen LogP contribution is 2.11. The molecule has 104 valence electrons. The molecular formula is C12H14F2N2O3. The molecule has 0 spiro atoms. The summed E-state index contributed by atoms with van der Waals surface area (Å²) >= 11 is 0. The predicted octanol–water partition coefficient (Wildman–Crippen LogP) is 1.28. The van der Waals surface area contributed by atoms with E-state index in [9.17, 15) is 18.4 Å². The summed E-state index contributed by atoms with van der Waals surface area (Å²) in [5.74, 6) is -2.86. The van der Waals surface area contributed by atoms with Crippen LogP contribution in [0.3, 0.4) is 0 Å². The van der Waals surface area contributed by atoms with E-state index in [0.29, 0.717) is 0 Å². The molecule has 0 saturated heterocycles. The zero-order valence-corrected chi connectivity index (χ0v) is 10.1. The van der Waals surface area contributed by atoms with E-state index in [-0.39, 0.29) is 31.5 Å². The number of hydrogen-bond acceptors (Lipinski definition) is 2. The molecule has 1 aromatic rings. The van der Waals surface area contributed by atoms with Crippen molar-refractivity contribution in [1.82, 2.24) is 10.6 Å². The molecule has 0 aliphatic carbocycles. The standard InChI is InChI=1S/C12H14F2N2O3/c13-9-3-1-2-8(11(9)14)4-6-15-12(19)16-7-5-10(17)18/h1-3H,4-7H2,(H,17,18)(H2,15,16,19). The SMILES string of the molecule is O=C(O)CCNC(=O)NCCc1cccc(F)c1F. The Labute approximate surface area is 108 Å². The van der Waals surface area contributed by atoms with Gasteiger partial charge in [-0.25, -0.2) is 13.6 Å². The van der Waals surface area contributed by atoms with Gasteiger partial charge in [-0.15, -0.1) is 0 Å². The van der Waals surface area contributed by atoms with Gasteiger partial charge in [-0.2, -0.15) is 0 Å². The highest BCUT2D eigenvalue weighted by atomic mass is 19.2. The number of aliphatic carboxylic acids is 1. The molecule has 1 aromatic carbocycles. The van der Waals surface area contributed by atoms with Crippen molar-refractivity contribution in [1.29, 1.82) is 0 Å². The van der Waals surface area contributed by atoms with Gasteiger partial charge in [0.2, 0.25) is 0 Å². The number of halogens is 2. The lowest BCUT2D eigenvalue weighted by Crippen LogP contribution is -2.37. The number of nitrogens with one attached hydrogen (secondary N) is 2. The summed E-state index contributed by atoms with van der Waals surface area (Å²) in [6, 6.07) is 3.30. The number of amides is 2. The minimum Gasteiger partial charge on any atom is -0.481 e. The summed E-state index contributed by atoms with van der Waals surface area (Å²) in [4.78, 5) is 21.4. The van der Waals surface area contributed by atoms with Crippen LogP contribution in [0.5, 0.6) is 0 Å². The van der Waals surface area contributed by atoms with Crippen molar-refractivity contribution in [3.05, 3.63) is 35.4 Å². The van der Waals surface area contributed by atoms with Gasteiger partial charge in [-0.05, 0) is 18.1 Å². The summed E-state index contributed by atoms with van der Waals surface area (Å²) in [6.07, 6.45) is -0.0259. The summed E-state index contributed by atoms with van der Waals surface area (Å²) < 4.78 is 26.1. The lowest BCUT2D eigenvalue weighted by molar-refractivity contribution is -0.136. The molecule has 0 aromatic heterocycles. The first-order valence-corrected chi connectivity index (χ1v) is 5.67. The Morgan fingerprint density at radius 3 is 2.53 bits per heavy atom. The van der Waals surface area contributed by atoms with Gasteiger partial charge in [0.25, 0.3) is 0 Å². The van der Waals surface area contributed by atoms with Crippen molar-refractivity contribution in [3.8, 4) is 0 Å². The van der Waals surface area contributed by atoms with E-state index in [1.54, 1.807) is 0 Å². The molecule has 0 bridgehead atoms. The van der Waals surface area contributed by atoms with Crippen LogP contribution in [0, 0.1) is 11.6 Å². The molecule has 1 rings (SSSR count). The highest BCUT2D eigenvalue weighted by molar-refractivity contribution is 5.74. The molecule has 0 saturated carbocycles. The monoisotopic (exact) mass is 272 g/mol. The van der Waals surface area contributed by atoms with Crippen LogP contribution >= 0.6 is 0 Å². The summed E-state index contributed by atoms with van der Waals surface area (Å²) in [7, 11) is 0. The average Bonchev–Trinajstić information content (AvgIpc) is 2.34. The molecule has 0 heterocycles. The van der Waals surface area contributed by atoms with Gasteiger partial charge in [-0.1, -0.05) is 12.1 Å². The maximum absolute atomic E-state index is 13.2. The third kappa shape index (κ3) is 5.33. The van der Waals surface area contributed by atoms with E-state index in [1.807, 2.05) is 0 Å². The van der Waals surface area contributed by atoms with Crippen LogP contribution in [0.2, 0.25) is 0 Å². The topological polar surface area (TPSA) is 78.4 Å². The lowest BCUT2D eigenvalue weighted by atomic mass is 10.1. The fourth-order valence-corrected chi connectivity index (χ4v) is 1.40. The number of hydrogen-bond donors (Lipinski definition) is 3. The smallest absolute Gasteiger partial charge is 0.314 e. The Kier molecular flexibility index (Phi) is 5.72. The van der Waals surface area contributed by atoms with E-state index >= 15 is 0 Å². The van der Waals surface area contributed by atoms with Crippen molar-refractivity contribution in [2.75, 3.05) is 13.1 Å². The van der Waals surface area contributed by atoms with Crippen LogP contribution in [0.15, 0.2) is 18.2 Å². The zero-order valence-electron chi connectivity index (χ0n) is 10.1. The fraction of sp³-hybridized carbons (Fsp3) is 0.333. The second-order valence-corrected chi connectivity index (χ2v) is 3.79. The number of carbonyl (C=O) groups is 2. The van der Waals surface area contributed by atoms with Crippen LogP contribution in [0.25, 0.3) is 0 Å². The van der Waals surface area contributed by atoms with Crippen molar-refractivity contribution < 1.29 is 23.5 Å². The largest absolute Gasteiger partial charge is 0.481 e. The van der Waals surface area contributed by atoms with Crippen LogP contribution in [0.4, 0.5) is 13.6 Å². The number of carboxylic acid groups (broad SMARTS) is 1. The predicted molar refractivity (Wildman–Crippen MR) is 63.7 cm³/mol. The van der Waals surface area contributed by atoms with E-state index in [1.165, 1.54) is 12.1 Å². The number of urea groups is 1. The maximum Gasteiger partial charge on any atom is 0.314 e. The van der Waals surface area contributed by atoms with Crippen LogP contribution in [-0.2, 0) is 11.2 Å². The van der Waals surface area contributed by atoms with Gasteiger partial charge < -0.3 is 15.7 Å². The Hall–Kier alpha value is -2.18. The van der Waals surface area contributed by atoms with E-state index in [0.717, 1.165) is 6.07 Å². The van der Waals surface area contributed by atoms with Crippen molar-refractivity contribution >= 4 is 12.0 Å². The molecule has 0 aliphatic heterocycles. The third-order valence-corrected chi connectivity index (χ3v) is 2.34. The summed E-state index contributed by atoms with van der Waals surface area (Å²) in [6.45, 7) is 0.134. The van der Waals surface area contributed by atoms with Crippen molar-refractivity contribution in [2.24, 2.45) is 0 Å². The first kappa shape index (κ1) is 14.9. The fourth-order valence-electron chi connectivity index (χ4n) is 1.40. The molecule has 7 heteroatoms. The lowest BCUT2D eigenvalue weighted by Gasteiger charge is -2.07. The average molecular weight is 272 g/mol. The van der Waals surface area contributed by atoms with E-state index in [2.05, 4.69) is 10.6 Å². The van der Waals surface area contributed by atoms with Crippen LogP contribution in [-0.4, -0.2) is 30.2 Å². The molecule has 0 radical (unpaired) electrons. The van der Waals surface area contributed by atoms with Gasteiger partial charge in [0.1, 0.15) is 0 Å². The van der Waals surface area contributed by atoms with E-state index in [4.69, 9.17) is 5.11 Å². The Bertz CT molecular complexity index is 466. The normalized spacial score (nSPS) is 10.0. The molecule has 3 N–H and O–H groups in total. The highest BCUT2D eigenvalue weighted by Gasteiger charge is 2.07. The Balaban J connectivity index is 2.28. The van der Waals surface area contributed by atoms with Crippen LogP contribution < -0.4 is 10.6 Å². The molecule has 2 amide bonds. The van der Waals surface area contributed by atoms with Gasteiger partial charge in [-0.3, -0.25) is 4.79 Å². The number of carbonyl (C=O) groups excluding carboxylic acids is 1.